The minimum absolute atomic E-state index is 0.183. The van der Waals surface area contributed by atoms with Crippen LogP contribution >= 0.6 is 0 Å². The Morgan fingerprint density at radius 3 is 2.73 bits per heavy atom. The molecule has 0 aromatic heterocycles. The topological polar surface area (TPSA) is 48.0 Å². The largest absolute Gasteiger partial charge is 0.447 e. The number of nitrogens with zero attached hydrogens (tertiary/aromatic N) is 1. The highest BCUT2D eigenvalue weighted by molar-refractivity contribution is 5.70. The van der Waals surface area contributed by atoms with E-state index >= 15 is 0 Å². The first-order valence-electron chi connectivity index (χ1n) is 7.46. The van der Waals surface area contributed by atoms with E-state index in [1.165, 1.54) is 0 Å². The summed E-state index contributed by atoms with van der Waals surface area (Å²) < 4.78 is 17.0. The quantitative estimate of drug-likeness (QED) is 0.802. The van der Waals surface area contributed by atoms with Gasteiger partial charge >= 0.3 is 6.09 Å². The van der Waals surface area contributed by atoms with E-state index in [-0.39, 0.29) is 24.3 Å². The molecule has 3 rings (SSSR count). The number of benzene rings is 1. The van der Waals surface area contributed by atoms with Crippen LogP contribution in [0.3, 0.4) is 0 Å². The van der Waals surface area contributed by atoms with E-state index in [9.17, 15) is 4.79 Å². The molecule has 0 spiro atoms. The lowest BCUT2D eigenvalue weighted by Crippen LogP contribution is -2.45. The fourth-order valence-corrected chi connectivity index (χ4v) is 3.00. The van der Waals surface area contributed by atoms with E-state index in [4.69, 9.17) is 14.2 Å². The minimum atomic E-state index is -0.687. The van der Waals surface area contributed by atoms with Gasteiger partial charge in [0.25, 0.3) is 0 Å². The van der Waals surface area contributed by atoms with Crippen LogP contribution in [0.1, 0.15) is 19.4 Å². The van der Waals surface area contributed by atoms with Crippen LogP contribution < -0.4 is 0 Å². The van der Waals surface area contributed by atoms with Gasteiger partial charge in [-0.2, -0.15) is 0 Å². The highest BCUT2D eigenvalue weighted by Crippen LogP contribution is 2.34. The van der Waals surface area contributed by atoms with Crippen molar-refractivity contribution < 1.29 is 19.0 Å². The van der Waals surface area contributed by atoms with Crippen molar-refractivity contribution in [2.24, 2.45) is 0 Å². The Morgan fingerprint density at radius 2 is 2.05 bits per heavy atom. The van der Waals surface area contributed by atoms with Gasteiger partial charge in [-0.15, -0.1) is 6.58 Å². The maximum absolute atomic E-state index is 12.1. The highest BCUT2D eigenvalue weighted by Gasteiger charge is 2.49. The second kappa shape index (κ2) is 5.74. The van der Waals surface area contributed by atoms with E-state index < -0.39 is 5.79 Å². The minimum Gasteiger partial charge on any atom is -0.447 e. The van der Waals surface area contributed by atoms with Gasteiger partial charge in [-0.3, -0.25) is 4.90 Å². The van der Waals surface area contributed by atoms with Crippen molar-refractivity contribution in [3.63, 3.8) is 0 Å². The first-order valence-corrected chi connectivity index (χ1v) is 7.46. The third kappa shape index (κ3) is 2.87. The number of carbonyl (C=O) groups is 1. The van der Waals surface area contributed by atoms with Crippen LogP contribution in [-0.2, 0) is 20.8 Å². The molecule has 22 heavy (non-hydrogen) atoms. The summed E-state index contributed by atoms with van der Waals surface area (Å²) in [6.45, 7) is 8.34. The second-order valence-corrected chi connectivity index (χ2v) is 6.06. The molecule has 1 aromatic carbocycles. The molecule has 118 valence electrons. The van der Waals surface area contributed by atoms with Gasteiger partial charge in [-0.1, -0.05) is 36.4 Å². The first kappa shape index (κ1) is 15.1. The van der Waals surface area contributed by atoms with Crippen molar-refractivity contribution in [2.75, 3.05) is 6.61 Å². The van der Waals surface area contributed by atoms with Gasteiger partial charge in [0.2, 0.25) is 0 Å². The summed E-state index contributed by atoms with van der Waals surface area (Å²) in [6, 6.07) is 9.66. The predicted molar refractivity (Wildman–Crippen MR) is 81.1 cm³/mol. The summed E-state index contributed by atoms with van der Waals surface area (Å²) in [5.74, 6) is -0.687. The molecule has 2 saturated heterocycles. The summed E-state index contributed by atoms with van der Waals surface area (Å²) in [5, 5.41) is 0. The van der Waals surface area contributed by atoms with Gasteiger partial charge in [0.05, 0.1) is 6.04 Å². The fraction of sp³-hybridized carbons (Fsp3) is 0.471. The van der Waals surface area contributed by atoms with E-state index in [1.54, 1.807) is 11.0 Å². The van der Waals surface area contributed by atoms with Gasteiger partial charge in [-0.25, -0.2) is 4.79 Å². The summed E-state index contributed by atoms with van der Waals surface area (Å²) in [5.41, 5.74) is 1.06. The molecule has 0 radical (unpaired) electrons. The molecule has 0 aliphatic carbocycles. The molecule has 2 aliphatic heterocycles. The molecule has 2 aliphatic rings. The van der Waals surface area contributed by atoms with E-state index in [1.807, 2.05) is 44.2 Å². The predicted octanol–water partition coefficient (Wildman–Crippen LogP) is 2.71. The summed E-state index contributed by atoms with van der Waals surface area (Å²) in [6.07, 6.45) is 0.878. The van der Waals surface area contributed by atoms with Crippen molar-refractivity contribution in [2.45, 2.75) is 44.4 Å². The molecular formula is C17H21NO4. The molecule has 2 fully saturated rings. The standard InChI is InChI=1S/C17H21NO4/c1-4-14-15(22-17(2,3)21-14)13-11-20-16(19)18(13)10-12-8-6-5-7-9-12/h4-9,13-15H,1,10-11H2,2-3H3/t13-,14-,15-/m1/s1. The Bertz CT molecular complexity index is 557. The average Bonchev–Trinajstić information content (AvgIpc) is 3.00. The molecule has 0 unspecified atom stereocenters. The maximum Gasteiger partial charge on any atom is 0.410 e. The zero-order valence-corrected chi connectivity index (χ0v) is 12.9. The van der Waals surface area contributed by atoms with Crippen LogP contribution in [0.25, 0.3) is 0 Å². The van der Waals surface area contributed by atoms with Gasteiger partial charge in [0.1, 0.15) is 18.8 Å². The molecule has 5 nitrogen and oxygen atoms in total. The lowest BCUT2D eigenvalue weighted by molar-refractivity contribution is -0.147. The number of cyclic esters (lactones) is 1. The van der Waals surface area contributed by atoms with Crippen LogP contribution in [0.4, 0.5) is 4.79 Å². The van der Waals surface area contributed by atoms with Gasteiger partial charge < -0.3 is 14.2 Å². The Kier molecular flexibility index (Phi) is 3.93. The Morgan fingerprint density at radius 1 is 1.32 bits per heavy atom. The zero-order chi connectivity index (χ0) is 15.7. The summed E-state index contributed by atoms with van der Waals surface area (Å²) in [4.78, 5) is 13.8. The van der Waals surface area contributed by atoms with Crippen LogP contribution in [0, 0.1) is 0 Å². The van der Waals surface area contributed by atoms with E-state index in [2.05, 4.69) is 6.58 Å². The van der Waals surface area contributed by atoms with Gasteiger partial charge in [0, 0.05) is 6.54 Å². The summed E-state index contributed by atoms with van der Waals surface area (Å²) >= 11 is 0. The van der Waals surface area contributed by atoms with Gasteiger partial charge in [0.15, 0.2) is 5.79 Å². The van der Waals surface area contributed by atoms with E-state index in [0.717, 1.165) is 5.56 Å². The molecule has 0 N–H and O–H groups in total. The lowest BCUT2D eigenvalue weighted by atomic mass is 10.0. The summed E-state index contributed by atoms with van der Waals surface area (Å²) in [7, 11) is 0. The van der Waals surface area contributed by atoms with Crippen molar-refractivity contribution in [3.8, 4) is 0 Å². The fourth-order valence-electron chi connectivity index (χ4n) is 3.00. The Hall–Kier alpha value is -1.85. The Balaban J connectivity index is 1.80. The lowest BCUT2D eigenvalue weighted by Gasteiger charge is -2.27. The molecular weight excluding hydrogens is 282 g/mol. The molecule has 1 aromatic rings. The highest BCUT2D eigenvalue weighted by atomic mass is 16.8. The van der Waals surface area contributed by atoms with Crippen molar-refractivity contribution in [1.82, 2.24) is 4.90 Å². The first-order chi connectivity index (χ1) is 10.5. The van der Waals surface area contributed by atoms with E-state index in [0.29, 0.717) is 13.2 Å². The van der Waals surface area contributed by atoms with Crippen molar-refractivity contribution in [1.29, 1.82) is 0 Å². The smallest absolute Gasteiger partial charge is 0.410 e. The molecule has 2 heterocycles. The molecule has 1 amide bonds. The molecule has 0 bridgehead atoms. The van der Waals surface area contributed by atoms with Crippen LogP contribution in [0.15, 0.2) is 43.0 Å². The number of amides is 1. The SMILES string of the molecule is C=C[C@H]1OC(C)(C)O[C@@H]1[C@H]1COC(=O)N1Cc1ccccc1. The van der Waals surface area contributed by atoms with Crippen LogP contribution in [-0.4, -0.2) is 41.6 Å². The van der Waals surface area contributed by atoms with Crippen LogP contribution in [0.5, 0.6) is 0 Å². The number of rotatable bonds is 4. The number of hydrogen-bond acceptors (Lipinski definition) is 4. The van der Waals surface area contributed by atoms with Crippen molar-refractivity contribution >= 4 is 6.09 Å². The Labute approximate surface area is 130 Å². The van der Waals surface area contributed by atoms with Crippen LogP contribution in [0.2, 0.25) is 0 Å². The number of hydrogen-bond donors (Lipinski definition) is 0. The number of ether oxygens (including phenoxy) is 3. The number of carbonyl (C=O) groups excluding carboxylic acids is 1. The maximum atomic E-state index is 12.1. The zero-order valence-electron chi connectivity index (χ0n) is 12.9. The average molecular weight is 303 g/mol. The third-order valence-corrected chi connectivity index (χ3v) is 3.98. The molecule has 5 heteroatoms. The molecule has 0 saturated carbocycles. The normalized spacial score (nSPS) is 30.4. The van der Waals surface area contributed by atoms with Crippen molar-refractivity contribution in [3.05, 3.63) is 48.6 Å². The third-order valence-electron chi connectivity index (χ3n) is 3.98. The molecule has 3 atom stereocenters. The van der Waals surface area contributed by atoms with Gasteiger partial charge in [-0.05, 0) is 19.4 Å². The second-order valence-electron chi connectivity index (χ2n) is 6.06. The monoisotopic (exact) mass is 303 g/mol.